The Bertz CT molecular complexity index is 499. The van der Waals surface area contributed by atoms with Crippen molar-refractivity contribution in [2.24, 2.45) is 0 Å². The van der Waals surface area contributed by atoms with E-state index in [2.05, 4.69) is 15.3 Å². The smallest absolute Gasteiger partial charge is 0.218 e. The average molecular weight is 242 g/mol. The number of benzene rings is 1. The molecule has 2 rings (SSSR count). The van der Waals surface area contributed by atoms with Crippen molar-refractivity contribution in [2.75, 3.05) is 5.32 Å². The van der Waals surface area contributed by atoms with Crippen LogP contribution in [0.4, 0.5) is 20.3 Å². The van der Waals surface area contributed by atoms with Gasteiger partial charge in [-0.1, -0.05) is 17.7 Å². The van der Waals surface area contributed by atoms with Crippen LogP contribution in [0, 0.1) is 11.8 Å². The van der Waals surface area contributed by atoms with Crippen molar-refractivity contribution in [1.82, 2.24) is 9.97 Å². The Labute approximate surface area is 95.1 Å². The van der Waals surface area contributed by atoms with E-state index in [0.717, 1.165) is 12.4 Å². The third-order valence-corrected chi connectivity index (χ3v) is 2.16. The Morgan fingerprint density at radius 3 is 2.69 bits per heavy atom. The summed E-state index contributed by atoms with van der Waals surface area (Å²) >= 11 is 5.78. The molecule has 0 aliphatic carbocycles. The summed E-state index contributed by atoms with van der Waals surface area (Å²) in [6.07, 6.45) is 1.03. The summed E-state index contributed by atoms with van der Waals surface area (Å²) in [5.41, 5.74) is 0.0577. The molecule has 0 radical (unpaired) electrons. The lowest BCUT2D eigenvalue weighted by Crippen LogP contribution is -1.98. The zero-order chi connectivity index (χ0) is 11.5. The first kappa shape index (κ1) is 10.8. The first-order valence-corrected chi connectivity index (χ1v) is 4.73. The van der Waals surface area contributed by atoms with E-state index in [1.807, 2.05) is 0 Å². The van der Waals surface area contributed by atoms with Crippen LogP contribution < -0.4 is 5.32 Å². The summed E-state index contributed by atoms with van der Waals surface area (Å²) < 4.78 is 26.1. The van der Waals surface area contributed by atoms with Gasteiger partial charge in [-0.2, -0.15) is 4.39 Å². The highest BCUT2D eigenvalue weighted by Gasteiger charge is 2.07. The van der Waals surface area contributed by atoms with Crippen molar-refractivity contribution in [2.45, 2.75) is 0 Å². The minimum Gasteiger partial charge on any atom is -0.336 e. The Kier molecular flexibility index (Phi) is 2.96. The number of anilines is 2. The molecule has 0 saturated carbocycles. The summed E-state index contributed by atoms with van der Waals surface area (Å²) in [5, 5.41) is 2.78. The molecule has 1 aromatic heterocycles. The van der Waals surface area contributed by atoms with E-state index < -0.39 is 11.8 Å². The van der Waals surface area contributed by atoms with Gasteiger partial charge in [0, 0.05) is 6.07 Å². The van der Waals surface area contributed by atoms with Crippen LogP contribution in [0.15, 0.2) is 30.6 Å². The SMILES string of the molecule is Fc1cc(Nc2c(F)cccc2Cl)ncn1. The number of aromatic nitrogens is 2. The highest BCUT2D eigenvalue weighted by atomic mass is 35.5. The van der Waals surface area contributed by atoms with Crippen LogP contribution in [0.1, 0.15) is 0 Å². The van der Waals surface area contributed by atoms with Crippen LogP contribution in [-0.2, 0) is 0 Å². The fraction of sp³-hybridized carbons (Fsp3) is 0. The quantitative estimate of drug-likeness (QED) is 0.821. The summed E-state index contributed by atoms with van der Waals surface area (Å²) in [5.74, 6) is -1.10. The van der Waals surface area contributed by atoms with Gasteiger partial charge in [-0.05, 0) is 12.1 Å². The number of hydrogen-bond donors (Lipinski definition) is 1. The third kappa shape index (κ3) is 2.25. The van der Waals surface area contributed by atoms with Crippen molar-refractivity contribution in [3.8, 4) is 0 Å². The van der Waals surface area contributed by atoms with Gasteiger partial charge in [-0.25, -0.2) is 14.4 Å². The van der Waals surface area contributed by atoms with Crippen molar-refractivity contribution in [3.05, 3.63) is 47.4 Å². The van der Waals surface area contributed by atoms with Gasteiger partial charge in [0.05, 0.1) is 10.7 Å². The van der Waals surface area contributed by atoms with E-state index in [1.54, 1.807) is 0 Å². The second kappa shape index (κ2) is 4.40. The van der Waals surface area contributed by atoms with Gasteiger partial charge in [-0.15, -0.1) is 0 Å². The Morgan fingerprint density at radius 1 is 1.19 bits per heavy atom. The summed E-state index contributed by atoms with van der Waals surface area (Å²) in [4.78, 5) is 7.01. The van der Waals surface area contributed by atoms with E-state index in [9.17, 15) is 8.78 Å². The van der Waals surface area contributed by atoms with Crippen molar-refractivity contribution in [1.29, 1.82) is 0 Å². The molecular weight excluding hydrogens is 236 g/mol. The second-order valence-corrected chi connectivity index (χ2v) is 3.35. The lowest BCUT2D eigenvalue weighted by atomic mass is 10.3. The normalized spacial score (nSPS) is 10.2. The molecule has 0 bridgehead atoms. The van der Waals surface area contributed by atoms with Gasteiger partial charge in [0.1, 0.15) is 18.0 Å². The van der Waals surface area contributed by atoms with Crippen LogP contribution in [0.5, 0.6) is 0 Å². The Balaban J connectivity index is 2.34. The fourth-order valence-electron chi connectivity index (χ4n) is 1.15. The van der Waals surface area contributed by atoms with Crippen LogP contribution >= 0.6 is 11.6 Å². The van der Waals surface area contributed by atoms with E-state index >= 15 is 0 Å². The molecule has 1 N–H and O–H groups in total. The molecule has 3 nitrogen and oxygen atoms in total. The van der Waals surface area contributed by atoms with Crippen molar-refractivity contribution in [3.63, 3.8) is 0 Å². The maximum Gasteiger partial charge on any atom is 0.218 e. The van der Waals surface area contributed by atoms with Gasteiger partial charge in [0.25, 0.3) is 0 Å². The number of rotatable bonds is 2. The molecule has 0 fully saturated rings. The zero-order valence-corrected chi connectivity index (χ0v) is 8.67. The van der Waals surface area contributed by atoms with Crippen molar-refractivity contribution < 1.29 is 8.78 Å². The molecule has 0 aliphatic heterocycles. The lowest BCUT2D eigenvalue weighted by Gasteiger charge is -2.07. The van der Waals surface area contributed by atoms with Crippen LogP contribution in [0.3, 0.4) is 0 Å². The monoisotopic (exact) mass is 241 g/mol. The number of halogens is 3. The van der Waals surface area contributed by atoms with Gasteiger partial charge in [-0.3, -0.25) is 0 Å². The van der Waals surface area contributed by atoms with Gasteiger partial charge < -0.3 is 5.32 Å². The largest absolute Gasteiger partial charge is 0.336 e. The number of nitrogens with zero attached hydrogens (tertiary/aromatic N) is 2. The average Bonchev–Trinajstić information content (AvgIpc) is 2.24. The van der Waals surface area contributed by atoms with Gasteiger partial charge in [0.2, 0.25) is 5.95 Å². The molecule has 82 valence electrons. The topological polar surface area (TPSA) is 37.8 Å². The lowest BCUT2D eigenvalue weighted by molar-refractivity contribution is 0.580. The molecule has 0 unspecified atom stereocenters. The van der Waals surface area contributed by atoms with E-state index in [1.165, 1.54) is 18.2 Å². The number of nitrogens with one attached hydrogen (secondary N) is 1. The molecule has 0 amide bonds. The second-order valence-electron chi connectivity index (χ2n) is 2.95. The molecule has 6 heteroatoms. The fourth-order valence-corrected chi connectivity index (χ4v) is 1.36. The summed E-state index contributed by atoms with van der Waals surface area (Å²) in [6.45, 7) is 0. The van der Waals surface area contributed by atoms with Crippen molar-refractivity contribution >= 4 is 23.1 Å². The standard InChI is InChI=1S/C10H6ClF2N3/c11-6-2-1-3-7(12)10(6)16-9-4-8(13)14-5-15-9/h1-5H,(H,14,15,16). The predicted molar refractivity (Wildman–Crippen MR) is 56.7 cm³/mol. The van der Waals surface area contributed by atoms with Crippen LogP contribution in [-0.4, -0.2) is 9.97 Å². The highest BCUT2D eigenvalue weighted by molar-refractivity contribution is 6.33. The maximum absolute atomic E-state index is 13.4. The third-order valence-electron chi connectivity index (χ3n) is 1.85. The Morgan fingerprint density at radius 2 is 2.00 bits per heavy atom. The predicted octanol–water partition coefficient (Wildman–Crippen LogP) is 3.15. The minimum absolute atomic E-state index is 0.0577. The zero-order valence-electron chi connectivity index (χ0n) is 7.92. The maximum atomic E-state index is 13.4. The van der Waals surface area contributed by atoms with Crippen LogP contribution in [0.2, 0.25) is 5.02 Å². The van der Waals surface area contributed by atoms with Gasteiger partial charge in [0.15, 0.2) is 0 Å². The first-order valence-electron chi connectivity index (χ1n) is 4.35. The molecule has 2 aromatic rings. The summed E-state index contributed by atoms with van der Waals surface area (Å²) in [7, 11) is 0. The molecule has 0 spiro atoms. The minimum atomic E-state index is -0.704. The first-order chi connectivity index (χ1) is 7.66. The molecule has 0 aliphatic rings. The molecule has 16 heavy (non-hydrogen) atoms. The highest BCUT2D eigenvalue weighted by Crippen LogP contribution is 2.27. The van der Waals surface area contributed by atoms with E-state index in [-0.39, 0.29) is 16.5 Å². The van der Waals surface area contributed by atoms with Crippen LogP contribution in [0.25, 0.3) is 0 Å². The number of para-hydroxylation sites is 1. The van der Waals surface area contributed by atoms with E-state index in [4.69, 9.17) is 11.6 Å². The molecule has 1 aromatic carbocycles. The molecule has 0 atom stereocenters. The van der Waals surface area contributed by atoms with Gasteiger partial charge >= 0.3 is 0 Å². The van der Waals surface area contributed by atoms with E-state index in [0.29, 0.717) is 0 Å². The Hall–Kier alpha value is -1.75. The summed E-state index contributed by atoms with van der Waals surface area (Å²) in [6, 6.07) is 5.28. The molecular formula is C10H6ClF2N3. The molecule has 0 saturated heterocycles. The molecule has 1 heterocycles. The number of hydrogen-bond acceptors (Lipinski definition) is 3.